The molecule has 1 fully saturated rings. The minimum atomic E-state index is 0. The molecule has 0 aliphatic heterocycles. The van der Waals surface area contributed by atoms with Crippen molar-refractivity contribution in [1.82, 2.24) is 0 Å². The van der Waals surface area contributed by atoms with Crippen LogP contribution in [0.2, 0.25) is 0 Å². The van der Waals surface area contributed by atoms with E-state index in [0.717, 1.165) is 29.6 Å². The van der Waals surface area contributed by atoms with E-state index in [2.05, 4.69) is 6.92 Å². The maximum Gasteiger partial charge on any atom is 0.0223 e. The summed E-state index contributed by atoms with van der Waals surface area (Å²) in [4.78, 5) is 0. The molecule has 0 aromatic heterocycles. The Kier molecular flexibility index (Phi) is 6.01. The van der Waals surface area contributed by atoms with E-state index in [4.69, 9.17) is 4.55 Å². The fourth-order valence-electron chi connectivity index (χ4n) is 1.60. The summed E-state index contributed by atoms with van der Waals surface area (Å²) in [5, 5.41) is 0. The first-order valence-electron chi connectivity index (χ1n) is 4.09. The van der Waals surface area contributed by atoms with Crippen LogP contribution in [0.4, 0.5) is 0 Å². The predicted molar refractivity (Wildman–Crippen MR) is 49.8 cm³/mol. The maximum absolute atomic E-state index is 8.60. The molecule has 1 aliphatic carbocycles. The van der Waals surface area contributed by atoms with E-state index in [1.54, 1.807) is 0 Å². The largest absolute Gasteiger partial charge is 0.412 e. The van der Waals surface area contributed by atoms with Gasteiger partial charge in [0.15, 0.2) is 0 Å². The Labute approximate surface area is 72.9 Å². The van der Waals surface area contributed by atoms with Gasteiger partial charge in [0.2, 0.25) is 0 Å². The van der Waals surface area contributed by atoms with Gasteiger partial charge in [0.05, 0.1) is 0 Å². The molecule has 1 aliphatic rings. The number of rotatable bonds is 2. The van der Waals surface area contributed by atoms with Gasteiger partial charge in [0.1, 0.15) is 0 Å². The van der Waals surface area contributed by atoms with Crippen LogP contribution in [0.3, 0.4) is 0 Å². The highest BCUT2D eigenvalue weighted by Gasteiger charge is 2.17. The highest BCUT2D eigenvalue weighted by atomic mass is 32.2. The average Bonchev–Trinajstić information content (AvgIpc) is 1.95. The van der Waals surface area contributed by atoms with Gasteiger partial charge in [-0.05, 0) is 36.7 Å². The third-order valence-electron chi connectivity index (χ3n) is 2.45. The van der Waals surface area contributed by atoms with Gasteiger partial charge in [0, 0.05) is 5.75 Å². The molecule has 3 heteroatoms. The average molecular weight is 178 g/mol. The summed E-state index contributed by atoms with van der Waals surface area (Å²) in [7, 11) is 0. The molecule has 2 nitrogen and oxygen atoms in total. The van der Waals surface area contributed by atoms with Gasteiger partial charge in [0.25, 0.3) is 0 Å². The van der Waals surface area contributed by atoms with E-state index in [-0.39, 0.29) is 5.48 Å². The van der Waals surface area contributed by atoms with Crippen LogP contribution < -0.4 is 0 Å². The molecular weight excluding hydrogens is 160 g/mol. The van der Waals surface area contributed by atoms with Gasteiger partial charge in [-0.2, -0.15) is 0 Å². The van der Waals surface area contributed by atoms with Crippen molar-refractivity contribution in [2.45, 2.75) is 32.6 Å². The minimum Gasteiger partial charge on any atom is -0.412 e. The van der Waals surface area contributed by atoms with E-state index >= 15 is 0 Å². The second-order valence-electron chi connectivity index (χ2n) is 3.42. The molecule has 3 N–H and O–H groups in total. The quantitative estimate of drug-likeness (QED) is 0.659. The van der Waals surface area contributed by atoms with Crippen LogP contribution in [0.15, 0.2) is 0 Å². The summed E-state index contributed by atoms with van der Waals surface area (Å²) in [6.45, 7) is 2.32. The lowest BCUT2D eigenvalue weighted by Crippen LogP contribution is -2.13. The molecule has 0 bridgehead atoms. The van der Waals surface area contributed by atoms with E-state index in [9.17, 15) is 0 Å². The van der Waals surface area contributed by atoms with Crippen molar-refractivity contribution >= 4 is 12.0 Å². The summed E-state index contributed by atoms with van der Waals surface area (Å²) < 4.78 is 8.60. The second kappa shape index (κ2) is 5.86. The predicted octanol–water partition coefficient (Wildman–Crippen LogP) is 2.19. The molecular formula is C8H18O2S. The van der Waals surface area contributed by atoms with Crippen LogP contribution in [-0.4, -0.2) is 15.8 Å². The third-order valence-corrected chi connectivity index (χ3v) is 3.07. The molecule has 0 atom stereocenters. The third kappa shape index (κ3) is 3.99. The maximum atomic E-state index is 8.60. The topological polar surface area (TPSA) is 51.7 Å². The molecule has 1 rings (SSSR count). The highest BCUT2D eigenvalue weighted by Crippen LogP contribution is 2.29. The Hall–Kier alpha value is 0.270. The number of hydrogen-bond acceptors (Lipinski definition) is 2. The molecule has 0 unspecified atom stereocenters. The molecule has 0 heterocycles. The van der Waals surface area contributed by atoms with Crippen LogP contribution in [0.25, 0.3) is 0 Å². The Bertz CT molecular complexity index is 90.1. The van der Waals surface area contributed by atoms with Crippen LogP contribution in [0.1, 0.15) is 32.6 Å². The smallest absolute Gasteiger partial charge is 0.0223 e. The normalized spacial score (nSPS) is 31.1. The van der Waals surface area contributed by atoms with Crippen LogP contribution in [-0.2, 0) is 0 Å². The monoisotopic (exact) mass is 178 g/mol. The molecule has 0 amide bonds. The fraction of sp³-hybridized carbons (Fsp3) is 1.00. The SMILES string of the molecule is CC1CCC(CSO)CC1.O. The lowest BCUT2D eigenvalue weighted by atomic mass is 9.84. The summed E-state index contributed by atoms with van der Waals surface area (Å²) in [5.41, 5.74) is 0. The first-order valence-corrected chi connectivity index (χ1v) is 5.03. The van der Waals surface area contributed by atoms with E-state index in [1.165, 1.54) is 25.7 Å². The summed E-state index contributed by atoms with van der Waals surface area (Å²) in [6, 6.07) is 0. The summed E-state index contributed by atoms with van der Waals surface area (Å²) in [5.74, 6) is 2.68. The van der Waals surface area contributed by atoms with Crippen molar-refractivity contribution in [2.24, 2.45) is 11.8 Å². The minimum absolute atomic E-state index is 0. The fourth-order valence-corrected chi connectivity index (χ4v) is 2.15. The zero-order valence-corrected chi connectivity index (χ0v) is 7.86. The van der Waals surface area contributed by atoms with Crippen molar-refractivity contribution in [1.29, 1.82) is 0 Å². The van der Waals surface area contributed by atoms with Crippen molar-refractivity contribution in [3.05, 3.63) is 0 Å². The van der Waals surface area contributed by atoms with Crippen molar-refractivity contribution < 1.29 is 10.0 Å². The van der Waals surface area contributed by atoms with Crippen molar-refractivity contribution in [3.63, 3.8) is 0 Å². The second-order valence-corrected chi connectivity index (χ2v) is 4.01. The van der Waals surface area contributed by atoms with Gasteiger partial charge in [-0.25, -0.2) is 0 Å². The zero-order chi connectivity index (χ0) is 7.40. The van der Waals surface area contributed by atoms with Gasteiger partial charge in [-0.3, -0.25) is 0 Å². The van der Waals surface area contributed by atoms with Gasteiger partial charge < -0.3 is 10.0 Å². The lowest BCUT2D eigenvalue weighted by molar-refractivity contribution is 0.310. The lowest BCUT2D eigenvalue weighted by Gasteiger charge is -2.24. The zero-order valence-electron chi connectivity index (χ0n) is 7.05. The molecule has 11 heavy (non-hydrogen) atoms. The Morgan fingerprint density at radius 3 is 2.27 bits per heavy atom. The van der Waals surface area contributed by atoms with Gasteiger partial charge in [-0.1, -0.05) is 19.8 Å². The van der Waals surface area contributed by atoms with Crippen LogP contribution in [0.5, 0.6) is 0 Å². The standard InChI is InChI=1S/C8H16OS.H2O/c1-7-2-4-8(5-3-7)6-10-9;/h7-9H,2-6H2,1H3;1H2. The molecule has 0 aromatic rings. The van der Waals surface area contributed by atoms with E-state index in [0.29, 0.717) is 0 Å². The van der Waals surface area contributed by atoms with Crippen molar-refractivity contribution in [2.75, 3.05) is 5.75 Å². The summed E-state index contributed by atoms with van der Waals surface area (Å²) >= 11 is 1.01. The Balaban J connectivity index is 0.000001000. The van der Waals surface area contributed by atoms with Crippen LogP contribution >= 0.6 is 12.0 Å². The molecule has 0 spiro atoms. The van der Waals surface area contributed by atoms with Crippen LogP contribution in [0, 0.1) is 11.8 Å². The first kappa shape index (κ1) is 11.3. The van der Waals surface area contributed by atoms with Crippen molar-refractivity contribution in [3.8, 4) is 0 Å². The highest BCUT2D eigenvalue weighted by molar-refractivity contribution is 7.93. The van der Waals surface area contributed by atoms with Gasteiger partial charge >= 0.3 is 0 Å². The molecule has 0 saturated heterocycles. The summed E-state index contributed by atoms with van der Waals surface area (Å²) in [6.07, 6.45) is 5.39. The van der Waals surface area contributed by atoms with E-state index < -0.39 is 0 Å². The molecule has 1 saturated carbocycles. The Morgan fingerprint density at radius 2 is 1.82 bits per heavy atom. The Morgan fingerprint density at radius 1 is 1.27 bits per heavy atom. The van der Waals surface area contributed by atoms with E-state index in [1.807, 2.05) is 0 Å². The van der Waals surface area contributed by atoms with Gasteiger partial charge in [-0.15, -0.1) is 0 Å². The number of hydrogen-bond donors (Lipinski definition) is 1. The molecule has 0 radical (unpaired) electrons. The molecule has 0 aromatic carbocycles. The molecule has 68 valence electrons. The first-order chi connectivity index (χ1) is 4.83.